The van der Waals surface area contributed by atoms with E-state index in [9.17, 15) is 5.26 Å². The van der Waals surface area contributed by atoms with Crippen molar-refractivity contribution >= 4 is 11.8 Å². The lowest BCUT2D eigenvalue weighted by Crippen LogP contribution is -2.04. The largest absolute Gasteiger partial charge is 0.382 e. The normalized spacial score (nSPS) is 10.5. The topological polar surface area (TPSA) is 128 Å². The first kappa shape index (κ1) is 14.5. The lowest BCUT2D eigenvalue weighted by Gasteiger charge is -2.07. The summed E-state index contributed by atoms with van der Waals surface area (Å²) in [4.78, 5) is 7.95. The summed E-state index contributed by atoms with van der Waals surface area (Å²) in [6.07, 6.45) is 0. The molecule has 0 saturated carbocycles. The van der Waals surface area contributed by atoms with Crippen LogP contribution in [0.15, 0.2) is 28.8 Å². The van der Waals surface area contributed by atoms with Gasteiger partial charge in [0.15, 0.2) is 0 Å². The minimum atomic E-state index is 0.0336. The molecule has 0 bridgehead atoms. The molecular formula is C16H14N6O. The molecule has 0 radical (unpaired) electrons. The van der Waals surface area contributed by atoms with Gasteiger partial charge < -0.3 is 16.0 Å². The number of aryl methyl sites for hydroxylation is 2. The van der Waals surface area contributed by atoms with Crippen LogP contribution in [-0.4, -0.2) is 15.1 Å². The molecule has 4 N–H and O–H groups in total. The average Bonchev–Trinajstić information content (AvgIpc) is 2.86. The van der Waals surface area contributed by atoms with Crippen LogP contribution in [-0.2, 0) is 0 Å². The number of anilines is 2. The first-order valence-corrected chi connectivity index (χ1v) is 6.88. The van der Waals surface area contributed by atoms with Crippen LogP contribution in [0.5, 0.6) is 0 Å². The van der Waals surface area contributed by atoms with Gasteiger partial charge in [-0.15, -0.1) is 0 Å². The van der Waals surface area contributed by atoms with E-state index in [1.807, 2.05) is 44.2 Å². The van der Waals surface area contributed by atoms with Gasteiger partial charge in [-0.3, -0.25) is 0 Å². The Balaban J connectivity index is 2.10. The Morgan fingerprint density at radius 1 is 1.04 bits per heavy atom. The Hall–Kier alpha value is -3.40. The maximum Gasteiger partial charge on any atom is 0.222 e. The predicted octanol–water partition coefficient (Wildman–Crippen LogP) is 2.45. The second-order valence-corrected chi connectivity index (χ2v) is 5.08. The fraction of sp³-hybridized carbons (Fsp3) is 0.125. The summed E-state index contributed by atoms with van der Waals surface area (Å²) < 4.78 is 5.19. The number of rotatable bonds is 2. The zero-order valence-electron chi connectivity index (χ0n) is 12.7. The molecule has 3 rings (SSSR count). The van der Waals surface area contributed by atoms with Crippen molar-refractivity contribution in [3.05, 3.63) is 41.3 Å². The van der Waals surface area contributed by atoms with E-state index in [2.05, 4.69) is 15.1 Å². The van der Waals surface area contributed by atoms with Gasteiger partial charge in [-0.05, 0) is 19.4 Å². The summed E-state index contributed by atoms with van der Waals surface area (Å²) in [5.74, 6) is 0.861. The number of benzene rings is 1. The third-order valence-electron chi connectivity index (χ3n) is 3.55. The fourth-order valence-corrected chi connectivity index (χ4v) is 2.51. The van der Waals surface area contributed by atoms with Gasteiger partial charge in [0.2, 0.25) is 5.95 Å². The van der Waals surface area contributed by atoms with E-state index in [1.165, 1.54) is 0 Å². The molecule has 0 saturated heterocycles. The molecule has 0 aliphatic heterocycles. The highest BCUT2D eigenvalue weighted by atomic mass is 16.5. The second-order valence-electron chi connectivity index (χ2n) is 5.08. The van der Waals surface area contributed by atoms with Gasteiger partial charge in [-0.2, -0.15) is 10.2 Å². The van der Waals surface area contributed by atoms with Crippen molar-refractivity contribution in [2.45, 2.75) is 13.8 Å². The minimum Gasteiger partial charge on any atom is -0.382 e. The number of hydrogen-bond acceptors (Lipinski definition) is 7. The van der Waals surface area contributed by atoms with E-state index in [0.717, 1.165) is 28.1 Å². The quantitative estimate of drug-likeness (QED) is 0.744. The molecule has 0 amide bonds. The SMILES string of the molecule is Cc1noc(C)c1-c1ccc(-c2nc(N)nc(N)c2C#N)cc1. The van der Waals surface area contributed by atoms with Gasteiger partial charge in [-0.1, -0.05) is 29.4 Å². The summed E-state index contributed by atoms with van der Waals surface area (Å²) in [6, 6.07) is 9.55. The first-order valence-electron chi connectivity index (χ1n) is 6.88. The maximum atomic E-state index is 9.26. The van der Waals surface area contributed by atoms with Crippen LogP contribution in [0.25, 0.3) is 22.4 Å². The molecule has 0 unspecified atom stereocenters. The lowest BCUT2D eigenvalue weighted by atomic mass is 10.00. The smallest absolute Gasteiger partial charge is 0.222 e. The van der Waals surface area contributed by atoms with Crippen molar-refractivity contribution in [2.24, 2.45) is 0 Å². The summed E-state index contributed by atoms with van der Waals surface area (Å²) >= 11 is 0. The van der Waals surface area contributed by atoms with Gasteiger partial charge in [0.05, 0.1) is 11.4 Å². The number of nitrogens with zero attached hydrogens (tertiary/aromatic N) is 4. The molecule has 7 heteroatoms. The Morgan fingerprint density at radius 2 is 1.70 bits per heavy atom. The highest BCUT2D eigenvalue weighted by molar-refractivity contribution is 5.76. The van der Waals surface area contributed by atoms with Gasteiger partial charge in [0.1, 0.15) is 23.2 Å². The monoisotopic (exact) mass is 306 g/mol. The average molecular weight is 306 g/mol. The van der Waals surface area contributed by atoms with Crippen molar-refractivity contribution < 1.29 is 4.52 Å². The summed E-state index contributed by atoms with van der Waals surface area (Å²) in [6.45, 7) is 3.75. The third-order valence-corrected chi connectivity index (χ3v) is 3.55. The molecule has 7 nitrogen and oxygen atoms in total. The van der Waals surface area contributed by atoms with Crippen molar-refractivity contribution in [3.8, 4) is 28.5 Å². The first-order chi connectivity index (χ1) is 11.0. The lowest BCUT2D eigenvalue weighted by molar-refractivity contribution is 0.393. The molecule has 0 aliphatic rings. The Labute approximate surface area is 132 Å². The molecule has 2 heterocycles. The van der Waals surface area contributed by atoms with Crippen LogP contribution in [0.3, 0.4) is 0 Å². The standard InChI is InChI=1S/C16H14N6O/c1-8-13(9(2)23-22-8)10-3-5-11(6-4-10)14-12(7-17)15(18)21-16(19)20-14/h3-6H,1-2H3,(H4,18,19,20,21). The van der Waals surface area contributed by atoms with E-state index < -0.39 is 0 Å². The van der Waals surface area contributed by atoms with Gasteiger partial charge in [-0.25, -0.2) is 4.98 Å². The second kappa shape index (κ2) is 5.42. The van der Waals surface area contributed by atoms with Crippen LogP contribution < -0.4 is 11.5 Å². The van der Waals surface area contributed by atoms with Crippen LogP contribution in [0.1, 0.15) is 17.0 Å². The molecule has 0 aliphatic carbocycles. The third kappa shape index (κ3) is 2.46. The van der Waals surface area contributed by atoms with E-state index in [1.54, 1.807) is 0 Å². The van der Waals surface area contributed by atoms with Crippen molar-refractivity contribution in [1.29, 1.82) is 5.26 Å². The maximum absolute atomic E-state index is 9.26. The van der Waals surface area contributed by atoms with Gasteiger partial charge in [0, 0.05) is 11.1 Å². The van der Waals surface area contributed by atoms with Crippen molar-refractivity contribution in [2.75, 3.05) is 11.5 Å². The van der Waals surface area contributed by atoms with Crippen molar-refractivity contribution in [1.82, 2.24) is 15.1 Å². The van der Waals surface area contributed by atoms with E-state index in [4.69, 9.17) is 16.0 Å². The summed E-state index contributed by atoms with van der Waals surface area (Å²) in [5, 5.41) is 13.2. The molecule has 2 aromatic heterocycles. The Bertz CT molecular complexity index is 901. The molecule has 1 aromatic carbocycles. The van der Waals surface area contributed by atoms with E-state index >= 15 is 0 Å². The number of hydrogen-bond donors (Lipinski definition) is 2. The molecule has 3 aromatic rings. The zero-order chi connectivity index (χ0) is 16.6. The Kier molecular flexibility index (Phi) is 3.43. The molecule has 23 heavy (non-hydrogen) atoms. The number of nitrogens with two attached hydrogens (primary N) is 2. The van der Waals surface area contributed by atoms with Gasteiger partial charge >= 0.3 is 0 Å². The molecule has 0 fully saturated rings. The Morgan fingerprint density at radius 3 is 2.26 bits per heavy atom. The van der Waals surface area contributed by atoms with Crippen LogP contribution in [0.4, 0.5) is 11.8 Å². The summed E-state index contributed by atoms with van der Waals surface area (Å²) in [7, 11) is 0. The predicted molar refractivity (Wildman–Crippen MR) is 86.0 cm³/mol. The molecule has 0 atom stereocenters. The van der Waals surface area contributed by atoms with E-state index in [-0.39, 0.29) is 17.3 Å². The van der Waals surface area contributed by atoms with Crippen LogP contribution >= 0.6 is 0 Å². The van der Waals surface area contributed by atoms with E-state index in [0.29, 0.717) is 5.69 Å². The molecule has 0 spiro atoms. The summed E-state index contributed by atoms with van der Waals surface area (Å²) in [5.41, 5.74) is 15.5. The minimum absolute atomic E-state index is 0.0336. The molecular weight excluding hydrogens is 292 g/mol. The highest BCUT2D eigenvalue weighted by Crippen LogP contribution is 2.30. The highest BCUT2D eigenvalue weighted by Gasteiger charge is 2.15. The number of aromatic nitrogens is 3. The zero-order valence-corrected chi connectivity index (χ0v) is 12.7. The number of nitrogen functional groups attached to an aromatic ring is 2. The van der Waals surface area contributed by atoms with Crippen LogP contribution in [0.2, 0.25) is 0 Å². The van der Waals surface area contributed by atoms with Crippen molar-refractivity contribution in [3.63, 3.8) is 0 Å². The number of nitriles is 1. The molecule has 114 valence electrons. The fourth-order valence-electron chi connectivity index (χ4n) is 2.51. The van der Waals surface area contributed by atoms with Crippen LogP contribution in [0, 0.1) is 25.2 Å². The van der Waals surface area contributed by atoms with Gasteiger partial charge in [0.25, 0.3) is 0 Å².